The first-order valence-corrected chi connectivity index (χ1v) is 13.8. The third-order valence-corrected chi connectivity index (χ3v) is 7.87. The molecule has 1 aliphatic rings. The summed E-state index contributed by atoms with van der Waals surface area (Å²) in [7, 11) is 0.514. The second-order valence-electron chi connectivity index (χ2n) is 9.52. The number of halogens is 2. The van der Waals surface area contributed by atoms with Crippen molar-refractivity contribution < 1.29 is 17.9 Å². The van der Waals surface area contributed by atoms with Crippen molar-refractivity contribution in [3.63, 3.8) is 0 Å². The zero-order chi connectivity index (χ0) is 26.3. The molecular weight excluding hydrogens is 529 g/mol. The monoisotopic (exact) mass is 557 g/mol. The number of hydrogen-bond acceptors (Lipinski definition) is 8. The summed E-state index contributed by atoms with van der Waals surface area (Å²) in [6.07, 6.45) is 5.20. The van der Waals surface area contributed by atoms with Crippen molar-refractivity contribution in [3.05, 3.63) is 66.7 Å². The van der Waals surface area contributed by atoms with E-state index >= 15 is 0 Å². The number of sulfone groups is 1. The summed E-state index contributed by atoms with van der Waals surface area (Å²) in [5.41, 5.74) is 2.33. The average Bonchev–Trinajstić information content (AvgIpc) is 3.36. The van der Waals surface area contributed by atoms with Gasteiger partial charge in [-0.15, -0.1) is 12.4 Å². The molecule has 1 saturated heterocycles. The summed E-state index contributed by atoms with van der Waals surface area (Å²) in [5, 5.41) is 14.0. The van der Waals surface area contributed by atoms with Gasteiger partial charge in [-0.3, -0.25) is 4.98 Å². The summed E-state index contributed by atoms with van der Waals surface area (Å²) >= 11 is 0. The lowest BCUT2D eigenvalue weighted by Gasteiger charge is -2.21. The van der Waals surface area contributed by atoms with Crippen molar-refractivity contribution >= 4 is 50.3 Å². The van der Waals surface area contributed by atoms with Gasteiger partial charge in [0.15, 0.2) is 21.4 Å². The fourth-order valence-corrected chi connectivity index (χ4v) is 5.44. The molecule has 2 aromatic carbocycles. The first-order chi connectivity index (χ1) is 17.6. The molecule has 0 aliphatic carbocycles. The van der Waals surface area contributed by atoms with E-state index in [-0.39, 0.29) is 17.3 Å². The van der Waals surface area contributed by atoms with E-state index < -0.39 is 21.4 Å². The van der Waals surface area contributed by atoms with E-state index in [1.54, 1.807) is 30.5 Å². The number of para-hydroxylation sites is 1. The number of nitrogens with zero attached hydrogens (tertiary/aromatic N) is 4. The number of fused-ring (bicyclic) bond motifs is 1. The summed E-state index contributed by atoms with van der Waals surface area (Å²) in [6, 6.07) is 13.7. The zero-order valence-corrected chi connectivity index (χ0v) is 22.9. The Balaban J connectivity index is 0.00000336. The summed E-state index contributed by atoms with van der Waals surface area (Å²) < 4.78 is 39.3. The maximum absolute atomic E-state index is 14.0. The van der Waals surface area contributed by atoms with E-state index in [0.717, 1.165) is 31.6 Å². The lowest BCUT2D eigenvalue weighted by Crippen LogP contribution is -2.31. The van der Waals surface area contributed by atoms with Crippen molar-refractivity contribution in [1.29, 1.82) is 0 Å². The van der Waals surface area contributed by atoms with Gasteiger partial charge >= 0.3 is 0 Å². The second-order valence-corrected chi connectivity index (χ2v) is 11.5. The van der Waals surface area contributed by atoms with Crippen LogP contribution in [-0.2, 0) is 9.84 Å². The minimum absolute atomic E-state index is 0. The standard InChI is InChI=1S/C27H28FN5O3S.ClH/c1-32(2)19-11-12-33(16-19)25-10-8-18(14-30-25)31-26-21-13-17(20-5-4-6-22(28)27(20)34)7-9-23(21)29-15-24(26)37(3,35)36;/h4-10,13-15,19,34H,11-12,16H2,1-3H3,(H,29,31);1H. The molecule has 1 unspecified atom stereocenters. The number of pyridine rings is 2. The molecule has 0 saturated carbocycles. The highest BCUT2D eigenvalue weighted by Crippen LogP contribution is 2.37. The smallest absolute Gasteiger partial charge is 0.179 e. The van der Waals surface area contributed by atoms with Gasteiger partial charge in [0.05, 0.1) is 23.1 Å². The number of nitrogens with one attached hydrogen (secondary N) is 1. The van der Waals surface area contributed by atoms with Gasteiger partial charge in [0.1, 0.15) is 10.7 Å². The highest BCUT2D eigenvalue weighted by atomic mass is 35.5. The molecule has 1 atom stereocenters. The Labute approximate surface area is 227 Å². The number of benzene rings is 2. The Morgan fingerprint density at radius 3 is 2.55 bits per heavy atom. The fourth-order valence-electron chi connectivity index (χ4n) is 4.66. The molecule has 1 aliphatic heterocycles. The summed E-state index contributed by atoms with van der Waals surface area (Å²) in [6.45, 7) is 1.82. The van der Waals surface area contributed by atoms with Gasteiger partial charge in [-0.05, 0) is 56.4 Å². The minimum atomic E-state index is -3.64. The molecule has 11 heteroatoms. The average molecular weight is 558 g/mol. The molecule has 5 rings (SSSR count). The molecule has 200 valence electrons. The number of phenolic OH excluding ortho intramolecular Hbond substituents is 1. The van der Waals surface area contributed by atoms with Gasteiger partial charge in [-0.2, -0.15) is 0 Å². The maximum atomic E-state index is 14.0. The molecule has 0 bridgehead atoms. The van der Waals surface area contributed by atoms with E-state index in [1.807, 2.05) is 12.1 Å². The van der Waals surface area contributed by atoms with Crippen molar-refractivity contribution in [2.24, 2.45) is 0 Å². The van der Waals surface area contributed by atoms with E-state index in [1.165, 1.54) is 18.3 Å². The molecule has 1 fully saturated rings. The van der Waals surface area contributed by atoms with Crippen molar-refractivity contribution in [2.75, 3.05) is 43.7 Å². The van der Waals surface area contributed by atoms with Crippen molar-refractivity contribution in [1.82, 2.24) is 14.9 Å². The number of phenols is 1. The lowest BCUT2D eigenvalue weighted by molar-refractivity contribution is 0.315. The van der Waals surface area contributed by atoms with Crippen LogP contribution in [-0.4, -0.2) is 67.9 Å². The highest BCUT2D eigenvalue weighted by molar-refractivity contribution is 7.90. The van der Waals surface area contributed by atoms with E-state index in [9.17, 15) is 17.9 Å². The molecular formula is C27H29ClFN5O3S. The topological polar surface area (TPSA) is 98.7 Å². The highest BCUT2D eigenvalue weighted by Gasteiger charge is 2.25. The normalized spacial score (nSPS) is 15.6. The molecule has 0 radical (unpaired) electrons. The first kappa shape index (κ1) is 27.6. The first-order valence-electron chi connectivity index (χ1n) is 11.9. The Hall–Kier alpha value is -3.47. The van der Waals surface area contributed by atoms with E-state index in [4.69, 9.17) is 0 Å². The van der Waals surface area contributed by atoms with Gasteiger partial charge in [0.2, 0.25) is 0 Å². The molecule has 2 aromatic heterocycles. The molecule has 0 spiro atoms. The summed E-state index contributed by atoms with van der Waals surface area (Å²) in [5.74, 6) is -0.344. The molecule has 8 nitrogen and oxygen atoms in total. The molecule has 2 N–H and O–H groups in total. The number of hydrogen-bond donors (Lipinski definition) is 2. The quantitative estimate of drug-likeness (QED) is 0.347. The number of aromatic nitrogens is 2. The minimum Gasteiger partial charge on any atom is -0.504 e. The zero-order valence-electron chi connectivity index (χ0n) is 21.2. The largest absolute Gasteiger partial charge is 0.504 e. The van der Waals surface area contributed by atoms with Crippen LogP contribution in [0.5, 0.6) is 5.75 Å². The van der Waals surface area contributed by atoms with Gasteiger partial charge in [-0.25, -0.2) is 17.8 Å². The van der Waals surface area contributed by atoms with Crippen LogP contribution in [0.3, 0.4) is 0 Å². The molecule has 38 heavy (non-hydrogen) atoms. The van der Waals surface area contributed by atoms with Gasteiger partial charge < -0.3 is 20.2 Å². The van der Waals surface area contributed by atoms with Crippen molar-refractivity contribution in [2.45, 2.75) is 17.4 Å². The maximum Gasteiger partial charge on any atom is 0.179 e. The predicted molar refractivity (Wildman–Crippen MR) is 151 cm³/mol. The summed E-state index contributed by atoms with van der Waals surface area (Å²) in [4.78, 5) is 13.4. The van der Waals surface area contributed by atoms with Crippen molar-refractivity contribution in [3.8, 4) is 16.9 Å². The predicted octanol–water partition coefficient (Wildman–Crippen LogP) is 4.85. The van der Waals surface area contributed by atoms with Crippen LogP contribution in [0.2, 0.25) is 0 Å². The van der Waals surface area contributed by atoms with Crippen LogP contribution in [0, 0.1) is 5.82 Å². The number of likely N-dealkylation sites (N-methyl/N-ethyl adjacent to an activating group) is 1. The Bertz CT molecular complexity index is 1580. The van der Waals surface area contributed by atoms with Crippen LogP contribution in [0.25, 0.3) is 22.0 Å². The third kappa shape index (κ3) is 5.38. The third-order valence-electron chi connectivity index (χ3n) is 6.77. The second kappa shape index (κ2) is 10.7. The SMILES string of the molecule is CN(C)C1CCN(c2ccc(Nc3c(S(C)(=O)=O)cnc4ccc(-c5cccc(F)c5O)cc34)cn2)C1.Cl. The van der Waals surface area contributed by atoms with Crippen LogP contribution < -0.4 is 10.2 Å². The van der Waals surface area contributed by atoms with E-state index in [2.05, 4.69) is 39.2 Å². The van der Waals surface area contributed by atoms with Crippen LogP contribution in [0.15, 0.2) is 65.8 Å². The number of rotatable bonds is 6. The Morgan fingerprint density at radius 1 is 1.11 bits per heavy atom. The van der Waals surface area contributed by atoms with Crippen LogP contribution >= 0.6 is 12.4 Å². The van der Waals surface area contributed by atoms with E-state index in [0.29, 0.717) is 39.4 Å². The number of aromatic hydroxyl groups is 1. The van der Waals surface area contributed by atoms with Crippen LogP contribution in [0.1, 0.15) is 6.42 Å². The molecule has 4 aromatic rings. The Morgan fingerprint density at radius 2 is 1.89 bits per heavy atom. The fraction of sp³-hybridized carbons (Fsp3) is 0.259. The van der Waals surface area contributed by atoms with Crippen LogP contribution in [0.4, 0.5) is 21.6 Å². The van der Waals surface area contributed by atoms with Gasteiger partial charge in [0, 0.05) is 42.5 Å². The lowest BCUT2D eigenvalue weighted by atomic mass is 10.0. The van der Waals surface area contributed by atoms with Gasteiger partial charge in [0.25, 0.3) is 0 Å². The molecule has 0 amide bonds. The molecule has 3 heterocycles. The van der Waals surface area contributed by atoms with Gasteiger partial charge in [-0.1, -0.05) is 18.2 Å². The Kier molecular flexibility index (Phi) is 7.78. The number of anilines is 3.